The number of hydrogen-bond acceptors (Lipinski definition) is 7. The number of carboxylic acids is 1. The van der Waals surface area contributed by atoms with E-state index in [-0.39, 0.29) is 31.3 Å². The van der Waals surface area contributed by atoms with Gasteiger partial charge in [-0.15, -0.1) is 0 Å². The van der Waals surface area contributed by atoms with Crippen LogP contribution in [0, 0.1) is 5.92 Å². The molecule has 10 N–H and O–H groups in total. The Morgan fingerprint density at radius 3 is 2.15 bits per heavy atom. The first-order valence-corrected chi connectivity index (χ1v) is 14.4. The largest absolute Gasteiger partial charge is 0.480 e. The average molecular weight is 566 g/mol. The van der Waals surface area contributed by atoms with E-state index in [0.717, 1.165) is 5.56 Å². The Balaban J connectivity index is 3.15. The zero-order valence-corrected chi connectivity index (χ0v) is 23.7. The highest BCUT2D eigenvalue weighted by molar-refractivity contribution is 7.98. The number of aliphatic carboxylic acids is 1. The van der Waals surface area contributed by atoms with E-state index >= 15 is 0 Å². The number of rotatable bonds is 18. The lowest BCUT2D eigenvalue weighted by Crippen LogP contribution is -2.58. The molecule has 13 heteroatoms. The standard InChI is InChI=1S/C26H43N7O5S/c1-4-16(2)21(25(37)38)33-24(36)20(15-17-9-6-5-7-10-17)32-23(35)19(11-8-13-30-26(28)29)31-22(34)18(27)12-14-39-3/h5-7,9-10,16,18-21H,4,8,11-15,27H2,1-3H3,(H,31,34)(H,32,35)(H,33,36)(H,37,38)(H4,28,29,30). The predicted molar refractivity (Wildman–Crippen MR) is 154 cm³/mol. The van der Waals surface area contributed by atoms with Gasteiger partial charge in [0.25, 0.3) is 0 Å². The maximum absolute atomic E-state index is 13.4. The van der Waals surface area contributed by atoms with Gasteiger partial charge in [0.1, 0.15) is 18.1 Å². The number of hydrogen-bond donors (Lipinski definition) is 7. The fraction of sp³-hybridized carbons (Fsp3) is 0.577. The summed E-state index contributed by atoms with van der Waals surface area (Å²) >= 11 is 1.55. The summed E-state index contributed by atoms with van der Waals surface area (Å²) in [5.41, 5.74) is 17.5. The normalized spacial score (nSPS) is 14.7. The number of thioether (sulfide) groups is 1. The molecule has 12 nitrogen and oxygen atoms in total. The first kappa shape index (κ1) is 33.7. The molecule has 0 radical (unpaired) electrons. The minimum absolute atomic E-state index is 0.0898. The number of nitrogens with one attached hydrogen (secondary N) is 3. The van der Waals surface area contributed by atoms with E-state index in [0.29, 0.717) is 25.0 Å². The quantitative estimate of drug-likeness (QED) is 0.0720. The minimum Gasteiger partial charge on any atom is -0.480 e. The van der Waals surface area contributed by atoms with Gasteiger partial charge in [0, 0.05) is 13.0 Å². The summed E-state index contributed by atoms with van der Waals surface area (Å²) in [6.45, 7) is 3.80. The van der Waals surface area contributed by atoms with Crippen LogP contribution in [0.25, 0.3) is 0 Å². The predicted octanol–water partition coefficient (Wildman–Crippen LogP) is -0.0518. The van der Waals surface area contributed by atoms with Crippen LogP contribution in [0.1, 0.15) is 45.1 Å². The molecule has 0 aromatic heterocycles. The van der Waals surface area contributed by atoms with Crippen LogP contribution in [0.4, 0.5) is 0 Å². The van der Waals surface area contributed by atoms with Crippen LogP contribution in [0.3, 0.4) is 0 Å². The summed E-state index contributed by atoms with van der Waals surface area (Å²) < 4.78 is 0. The van der Waals surface area contributed by atoms with Crippen molar-refractivity contribution in [3.05, 3.63) is 35.9 Å². The minimum atomic E-state index is -1.16. The van der Waals surface area contributed by atoms with E-state index in [1.54, 1.807) is 43.0 Å². The lowest BCUT2D eigenvalue weighted by Gasteiger charge is -2.26. The zero-order chi connectivity index (χ0) is 29.4. The average Bonchev–Trinajstić information content (AvgIpc) is 2.90. The van der Waals surface area contributed by atoms with Gasteiger partial charge in [0.05, 0.1) is 6.04 Å². The molecule has 0 bridgehead atoms. The first-order chi connectivity index (χ1) is 18.5. The molecule has 218 valence electrons. The van der Waals surface area contributed by atoms with Gasteiger partial charge in [0.2, 0.25) is 17.7 Å². The van der Waals surface area contributed by atoms with Gasteiger partial charge in [-0.1, -0.05) is 50.6 Å². The molecule has 0 aliphatic heterocycles. The van der Waals surface area contributed by atoms with Crippen molar-refractivity contribution < 1.29 is 24.3 Å². The summed E-state index contributed by atoms with van der Waals surface area (Å²) in [6.07, 6.45) is 3.55. The van der Waals surface area contributed by atoms with E-state index in [9.17, 15) is 24.3 Å². The van der Waals surface area contributed by atoms with Gasteiger partial charge >= 0.3 is 5.97 Å². The number of nitrogens with two attached hydrogens (primary N) is 3. The van der Waals surface area contributed by atoms with Gasteiger partial charge in [-0.25, -0.2) is 4.79 Å². The van der Waals surface area contributed by atoms with Gasteiger partial charge in [0.15, 0.2) is 5.96 Å². The van der Waals surface area contributed by atoms with E-state index in [2.05, 4.69) is 20.9 Å². The van der Waals surface area contributed by atoms with Crippen molar-refractivity contribution in [1.82, 2.24) is 16.0 Å². The first-order valence-electron chi connectivity index (χ1n) is 13.0. The van der Waals surface area contributed by atoms with Crippen LogP contribution in [-0.2, 0) is 25.6 Å². The molecule has 0 saturated heterocycles. The molecule has 1 rings (SSSR count). The fourth-order valence-corrected chi connectivity index (χ4v) is 4.19. The van der Waals surface area contributed by atoms with Crippen LogP contribution in [0.5, 0.6) is 0 Å². The van der Waals surface area contributed by atoms with Crippen molar-refractivity contribution in [2.24, 2.45) is 28.1 Å². The Bertz CT molecular complexity index is 959. The van der Waals surface area contributed by atoms with Crippen molar-refractivity contribution in [2.45, 2.75) is 70.1 Å². The highest BCUT2D eigenvalue weighted by Crippen LogP contribution is 2.11. The van der Waals surface area contributed by atoms with E-state index in [1.807, 2.05) is 19.2 Å². The molecule has 0 heterocycles. The summed E-state index contributed by atoms with van der Waals surface area (Å²) in [5, 5.41) is 17.6. The molecule has 1 aromatic rings. The summed E-state index contributed by atoms with van der Waals surface area (Å²) in [6, 6.07) is 4.99. The van der Waals surface area contributed by atoms with Crippen LogP contribution in [0.2, 0.25) is 0 Å². The highest BCUT2D eigenvalue weighted by Gasteiger charge is 2.32. The van der Waals surface area contributed by atoms with Crippen LogP contribution >= 0.6 is 11.8 Å². The monoisotopic (exact) mass is 565 g/mol. The SMILES string of the molecule is CCC(C)C(NC(=O)C(Cc1ccccc1)NC(=O)C(CCCN=C(N)N)NC(=O)C(N)CCSC)C(=O)O. The molecule has 0 saturated carbocycles. The van der Waals surface area contributed by atoms with E-state index in [1.165, 1.54) is 0 Å². The second-order valence-electron chi connectivity index (χ2n) is 9.36. The second kappa shape index (κ2) is 18.1. The summed E-state index contributed by atoms with van der Waals surface area (Å²) in [4.78, 5) is 55.1. The van der Waals surface area contributed by atoms with Crippen molar-refractivity contribution >= 4 is 41.4 Å². The third-order valence-electron chi connectivity index (χ3n) is 6.24. The maximum atomic E-state index is 13.4. The van der Waals surface area contributed by atoms with Crippen molar-refractivity contribution in [1.29, 1.82) is 0 Å². The Kier molecular flexibility index (Phi) is 15.6. The van der Waals surface area contributed by atoms with Gasteiger partial charge in [-0.2, -0.15) is 11.8 Å². The Morgan fingerprint density at radius 2 is 1.59 bits per heavy atom. The molecule has 1 aromatic carbocycles. The van der Waals surface area contributed by atoms with E-state index < -0.39 is 47.9 Å². The number of carboxylic acid groups (broad SMARTS) is 1. The maximum Gasteiger partial charge on any atom is 0.326 e. The zero-order valence-electron chi connectivity index (χ0n) is 22.9. The molecule has 3 amide bonds. The molecule has 0 aliphatic rings. The van der Waals surface area contributed by atoms with Gasteiger partial charge < -0.3 is 38.3 Å². The van der Waals surface area contributed by atoms with Crippen molar-refractivity contribution in [3.8, 4) is 0 Å². The molecule has 5 unspecified atom stereocenters. The number of guanidine groups is 1. The number of carbonyl (C=O) groups excluding carboxylic acids is 3. The van der Waals surface area contributed by atoms with E-state index in [4.69, 9.17) is 17.2 Å². The number of carbonyl (C=O) groups is 4. The Labute approximate surface area is 234 Å². The molecular weight excluding hydrogens is 522 g/mol. The highest BCUT2D eigenvalue weighted by atomic mass is 32.2. The molecule has 5 atom stereocenters. The second-order valence-corrected chi connectivity index (χ2v) is 10.3. The van der Waals surface area contributed by atoms with Crippen LogP contribution in [0.15, 0.2) is 35.3 Å². The number of benzene rings is 1. The number of amides is 3. The number of nitrogens with zero attached hydrogens (tertiary/aromatic N) is 1. The third-order valence-corrected chi connectivity index (χ3v) is 6.88. The molecule has 0 aliphatic carbocycles. The molecule has 39 heavy (non-hydrogen) atoms. The van der Waals surface area contributed by atoms with Gasteiger partial charge in [-0.05, 0) is 42.8 Å². The number of aliphatic imine (C=N–C) groups is 1. The molecule has 0 spiro atoms. The molecule has 0 fully saturated rings. The Morgan fingerprint density at radius 1 is 0.974 bits per heavy atom. The third kappa shape index (κ3) is 12.9. The molecular formula is C26H43N7O5S. The van der Waals surface area contributed by atoms with Gasteiger partial charge in [-0.3, -0.25) is 19.4 Å². The summed E-state index contributed by atoms with van der Waals surface area (Å²) in [7, 11) is 0. The lowest BCUT2D eigenvalue weighted by molar-refractivity contribution is -0.143. The van der Waals surface area contributed by atoms with Crippen LogP contribution < -0.4 is 33.2 Å². The Hall–Kier alpha value is -3.32. The smallest absolute Gasteiger partial charge is 0.326 e. The van der Waals surface area contributed by atoms with Crippen LogP contribution in [-0.4, -0.2) is 77.5 Å². The summed E-state index contributed by atoms with van der Waals surface area (Å²) in [5.74, 6) is -2.63. The fourth-order valence-electron chi connectivity index (χ4n) is 3.70. The topological polar surface area (TPSA) is 215 Å². The van der Waals surface area contributed by atoms with Crippen molar-refractivity contribution in [2.75, 3.05) is 18.6 Å². The van der Waals surface area contributed by atoms with Crippen molar-refractivity contribution in [3.63, 3.8) is 0 Å². The lowest BCUT2D eigenvalue weighted by atomic mass is 9.98.